The lowest BCUT2D eigenvalue weighted by molar-refractivity contribution is 0.601. The summed E-state index contributed by atoms with van der Waals surface area (Å²) in [6.45, 7) is 7.51. The Hall–Kier alpha value is -2.26. The molecule has 2 aromatic rings. The Labute approximate surface area is 153 Å². The number of benzene rings is 1. The van der Waals surface area contributed by atoms with E-state index in [9.17, 15) is 8.42 Å². The minimum atomic E-state index is -3.76. The van der Waals surface area contributed by atoms with Gasteiger partial charge in [-0.2, -0.15) is 0 Å². The van der Waals surface area contributed by atoms with Gasteiger partial charge in [0.05, 0.1) is 4.90 Å². The number of hydrogen-bond donors (Lipinski definition) is 3. The number of anilines is 2. The molecule has 7 nitrogen and oxygen atoms in total. The minimum absolute atomic E-state index is 0.0574. The Morgan fingerprint density at radius 2 is 1.64 bits per heavy atom. The lowest BCUT2D eigenvalue weighted by Gasteiger charge is -2.13. The molecule has 0 aliphatic rings. The monoisotopic (exact) mass is 379 g/mol. The molecule has 0 amide bonds. The van der Waals surface area contributed by atoms with Gasteiger partial charge in [-0.25, -0.2) is 23.1 Å². The number of nitrogens with one attached hydrogen (secondary N) is 3. The Balaban J connectivity index is 2.13. The summed E-state index contributed by atoms with van der Waals surface area (Å²) < 4.78 is 27.3. The van der Waals surface area contributed by atoms with E-state index in [0.717, 1.165) is 0 Å². The number of hydrogen-bond acceptors (Lipinski definition) is 5. The molecular weight excluding hydrogens is 358 g/mol. The van der Waals surface area contributed by atoms with Gasteiger partial charge in [0.25, 0.3) is 10.0 Å². The Morgan fingerprint density at radius 1 is 1.08 bits per heavy atom. The minimum Gasteiger partial charge on any atom is -0.360 e. The first kappa shape index (κ1) is 19.1. The van der Waals surface area contributed by atoms with Crippen LogP contribution in [0.1, 0.15) is 25.2 Å². The number of rotatable bonds is 5. The fourth-order valence-corrected chi connectivity index (χ4v) is 3.39. The third-order valence-electron chi connectivity index (χ3n) is 3.05. The van der Waals surface area contributed by atoms with Crippen molar-refractivity contribution in [3.05, 3.63) is 41.7 Å². The molecule has 1 aromatic carbocycles. The van der Waals surface area contributed by atoms with E-state index in [1.165, 1.54) is 12.1 Å². The number of aromatic nitrogens is 2. The molecule has 0 spiro atoms. The van der Waals surface area contributed by atoms with Crippen LogP contribution in [-0.4, -0.2) is 29.5 Å². The molecule has 0 radical (unpaired) electrons. The summed E-state index contributed by atoms with van der Waals surface area (Å²) in [5.74, 6) is 0.0574. The summed E-state index contributed by atoms with van der Waals surface area (Å²) in [5, 5.41) is 6.53. The molecule has 1 aromatic heterocycles. The number of nitrogens with zero attached hydrogens (tertiary/aromatic N) is 2. The highest BCUT2D eigenvalue weighted by atomic mass is 32.2. The average molecular weight is 380 g/mol. The Kier molecular flexibility index (Phi) is 5.91. The molecule has 0 aliphatic heterocycles. The van der Waals surface area contributed by atoms with Crippen molar-refractivity contribution in [2.75, 3.05) is 10.0 Å². The summed E-state index contributed by atoms with van der Waals surface area (Å²) in [6, 6.07) is 8.25. The zero-order chi connectivity index (χ0) is 18.6. The number of sulfonamides is 1. The summed E-state index contributed by atoms with van der Waals surface area (Å²) >= 11 is 5.16. The van der Waals surface area contributed by atoms with Crippen LogP contribution in [0.5, 0.6) is 0 Å². The van der Waals surface area contributed by atoms with Gasteiger partial charge < -0.3 is 10.6 Å². The second-order valence-electron chi connectivity index (χ2n) is 5.86. The molecule has 25 heavy (non-hydrogen) atoms. The highest BCUT2D eigenvalue weighted by Gasteiger charge is 2.16. The van der Waals surface area contributed by atoms with Gasteiger partial charge in [-0.3, -0.25) is 0 Å². The molecule has 0 unspecified atom stereocenters. The largest absolute Gasteiger partial charge is 0.360 e. The van der Waals surface area contributed by atoms with Crippen molar-refractivity contribution < 1.29 is 8.42 Å². The van der Waals surface area contributed by atoms with Crippen molar-refractivity contribution in [3.63, 3.8) is 0 Å². The lowest BCUT2D eigenvalue weighted by Crippen LogP contribution is -2.33. The quantitative estimate of drug-likeness (QED) is 0.687. The Morgan fingerprint density at radius 3 is 2.16 bits per heavy atom. The normalized spacial score (nSPS) is 11.2. The first-order valence-electron chi connectivity index (χ1n) is 7.68. The summed E-state index contributed by atoms with van der Waals surface area (Å²) in [7, 11) is -3.76. The standard InChI is InChI=1S/C16H21N5O2S2/c1-10(2)17-16(24)20-13-5-7-14(8-6-13)25(22,23)21-15-18-11(3)9-12(4)19-15/h5-10H,1-4H3,(H2,17,20,24)(H,18,19,21). The van der Waals surface area contributed by atoms with Gasteiger partial charge in [0, 0.05) is 23.1 Å². The van der Waals surface area contributed by atoms with Crippen LogP contribution in [0.3, 0.4) is 0 Å². The summed E-state index contributed by atoms with van der Waals surface area (Å²) in [6.07, 6.45) is 0. The number of aryl methyl sites for hydroxylation is 2. The molecule has 0 fully saturated rings. The van der Waals surface area contributed by atoms with E-state index in [4.69, 9.17) is 12.2 Å². The highest BCUT2D eigenvalue weighted by Crippen LogP contribution is 2.17. The second kappa shape index (κ2) is 7.75. The highest BCUT2D eigenvalue weighted by molar-refractivity contribution is 7.92. The van der Waals surface area contributed by atoms with Crippen molar-refractivity contribution in [1.82, 2.24) is 15.3 Å². The van der Waals surface area contributed by atoms with E-state index in [1.54, 1.807) is 32.0 Å². The van der Waals surface area contributed by atoms with Gasteiger partial charge in [-0.15, -0.1) is 0 Å². The van der Waals surface area contributed by atoms with Crippen LogP contribution in [0, 0.1) is 13.8 Å². The maximum atomic E-state index is 12.5. The molecule has 0 saturated carbocycles. The summed E-state index contributed by atoms with van der Waals surface area (Å²) in [4.78, 5) is 8.29. The fraction of sp³-hybridized carbons (Fsp3) is 0.312. The van der Waals surface area contributed by atoms with Crippen molar-refractivity contribution in [2.24, 2.45) is 0 Å². The van der Waals surface area contributed by atoms with E-state index in [2.05, 4.69) is 25.3 Å². The van der Waals surface area contributed by atoms with Gasteiger partial charge in [-0.1, -0.05) is 0 Å². The average Bonchev–Trinajstić information content (AvgIpc) is 2.45. The van der Waals surface area contributed by atoms with Crippen LogP contribution in [0.4, 0.5) is 11.6 Å². The first-order valence-corrected chi connectivity index (χ1v) is 9.57. The molecule has 0 atom stereocenters. The van der Waals surface area contributed by atoms with Crippen LogP contribution in [0.25, 0.3) is 0 Å². The molecule has 2 rings (SSSR count). The van der Waals surface area contributed by atoms with E-state index < -0.39 is 10.0 Å². The first-order chi connectivity index (χ1) is 11.7. The number of thiocarbonyl (C=S) groups is 1. The van der Waals surface area contributed by atoms with Gasteiger partial charge in [0.15, 0.2) is 5.11 Å². The smallest absolute Gasteiger partial charge is 0.264 e. The van der Waals surface area contributed by atoms with Crippen LogP contribution < -0.4 is 15.4 Å². The van der Waals surface area contributed by atoms with E-state index >= 15 is 0 Å². The van der Waals surface area contributed by atoms with Crippen molar-refractivity contribution in [1.29, 1.82) is 0 Å². The van der Waals surface area contributed by atoms with Crippen molar-refractivity contribution >= 4 is 39.0 Å². The molecule has 1 heterocycles. The summed E-state index contributed by atoms with van der Waals surface area (Å²) in [5.41, 5.74) is 2.08. The molecule has 134 valence electrons. The topological polar surface area (TPSA) is 96.0 Å². The SMILES string of the molecule is Cc1cc(C)nc(NS(=O)(=O)c2ccc(NC(=S)NC(C)C)cc2)n1. The zero-order valence-electron chi connectivity index (χ0n) is 14.5. The van der Waals surface area contributed by atoms with Crippen LogP contribution >= 0.6 is 12.2 Å². The van der Waals surface area contributed by atoms with Crippen LogP contribution in [-0.2, 0) is 10.0 Å². The van der Waals surface area contributed by atoms with Crippen LogP contribution in [0.15, 0.2) is 35.2 Å². The fourth-order valence-electron chi connectivity index (χ4n) is 2.10. The lowest BCUT2D eigenvalue weighted by atomic mass is 10.3. The molecule has 0 aliphatic carbocycles. The molecular formula is C16H21N5O2S2. The maximum Gasteiger partial charge on any atom is 0.264 e. The third kappa shape index (κ3) is 5.64. The second-order valence-corrected chi connectivity index (χ2v) is 7.95. The zero-order valence-corrected chi connectivity index (χ0v) is 16.1. The third-order valence-corrected chi connectivity index (χ3v) is 4.61. The molecule has 0 bridgehead atoms. The molecule has 0 saturated heterocycles. The Bertz CT molecular complexity index is 844. The predicted molar refractivity (Wildman–Crippen MR) is 103 cm³/mol. The predicted octanol–water partition coefficient (Wildman–Crippen LogP) is 2.59. The van der Waals surface area contributed by atoms with Crippen molar-refractivity contribution in [2.45, 2.75) is 38.6 Å². The van der Waals surface area contributed by atoms with Crippen molar-refractivity contribution in [3.8, 4) is 0 Å². The van der Waals surface area contributed by atoms with Gasteiger partial charge in [-0.05, 0) is 70.2 Å². The van der Waals surface area contributed by atoms with Gasteiger partial charge in [0.1, 0.15) is 0 Å². The van der Waals surface area contributed by atoms with Crippen LogP contribution in [0.2, 0.25) is 0 Å². The van der Waals surface area contributed by atoms with Gasteiger partial charge in [0.2, 0.25) is 5.95 Å². The van der Waals surface area contributed by atoms with E-state index in [0.29, 0.717) is 22.2 Å². The van der Waals surface area contributed by atoms with E-state index in [-0.39, 0.29) is 16.9 Å². The van der Waals surface area contributed by atoms with E-state index in [1.807, 2.05) is 13.8 Å². The molecule has 3 N–H and O–H groups in total. The maximum absolute atomic E-state index is 12.5. The van der Waals surface area contributed by atoms with Gasteiger partial charge >= 0.3 is 0 Å². The molecule has 9 heteroatoms.